The summed E-state index contributed by atoms with van der Waals surface area (Å²) in [6, 6.07) is 12.9. The van der Waals surface area contributed by atoms with Crippen molar-refractivity contribution in [2.75, 3.05) is 18.5 Å². The maximum absolute atomic E-state index is 13.7. The Balaban J connectivity index is 1.63. The van der Waals surface area contributed by atoms with Gasteiger partial charge in [-0.05, 0) is 36.6 Å². The molecule has 26 heavy (non-hydrogen) atoms. The average Bonchev–Trinajstić information content (AvgIpc) is 3.16. The van der Waals surface area contributed by atoms with Crippen molar-refractivity contribution >= 4 is 17.5 Å². The number of para-hydroxylation sites is 1. The second kappa shape index (κ2) is 8.58. The normalized spacial score (nSPS) is 16.3. The molecule has 0 radical (unpaired) electrons. The maximum atomic E-state index is 13.7. The molecular weight excluding hydrogens is 335 g/mol. The Morgan fingerprint density at radius 1 is 1.12 bits per heavy atom. The number of benzene rings is 2. The molecule has 0 aromatic heterocycles. The Morgan fingerprint density at radius 2 is 1.88 bits per heavy atom. The fraction of sp³-hybridized carbons (Fsp3) is 0.300. The van der Waals surface area contributed by atoms with Crippen LogP contribution in [0.5, 0.6) is 0 Å². The number of rotatable bonds is 6. The predicted octanol–water partition coefficient (Wildman–Crippen LogP) is 2.92. The minimum Gasteiger partial charge on any atom is -0.376 e. The molecule has 1 fully saturated rings. The smallest absolute Gasteiger partial charge is 0.253 e. The predicted molar refractivity (Wildman–Crippen MR) is 96.5 cm³/mol. The van der Waals surface area contributed by atoms with E-state index in [4.69, 9.17) is 4.74 Å². The maximum Gasteiger partial charge on any atom is 0.253 e. The molecule has 136 valence electrons. The molecule has 0 spiro atoms. The highest BCUT2D eigenvalue weighted by Crippen LogP contribution is 2.17. The van der Waals surface area contributed by atoms with Gasteiger partial charge in [0, 0.05) is 13.2 Å². The molecular formula is C20H21FN2O3. The second-order valence-electron chi connectivity index (χ2n) is 6.21. The Bertz CT molecular complexity index is 788. The molecule has 0 saturated carbocycles. The zero-order chi connectivity index (χ0) is 18.4. The van der Waals surface area contributed by atoms with Gasteiger partial charge in [0.1, 0.15) is 5.82 Å². The van der Waals surface area contributed by atoms with Gasteiger partial charge in [0.25, 0.3) is 5.91 Å². The van der Waals surface area contributed by atoms with Crippen LogP contribution < -0.4 is 10.6 Å². The van der Waals surface area contributed by atoms with Gasteiger partial charge >= 0.3 is 0 Å². The molecule has 1 heterocycles. The van der Waals surface area contributed by atoms with Crippen LogP contribution in [0.3, 0.4) is 0 Å². The summed E-state index contributed by atoms with van der Waals surface area (Å²) in [6.45, 7) is 1.17. The van der Waals surface area contributed by atoms with Gasteiger partial charge in [-0.3, -0.25) is 9.59 Å². The summed E-state index contributed by atoms with van der Waals surface area (Å²) in [4.78, 5) is 24.7. The van der Waals surface area contributed by atoms with Crippen molar-refractivity contribution in [3.8, 4) is 0 Å². The van der Waals surface area contributed by atoms with Crippen LogP contribution in [0.1, 0.15) is 28.8 Å². The van der Waals surface area contributed by atoms with Crippen LogP contribution in [0.4, 0.5) is 10.1 Å². The highest BCUT2D eigenvalue weighted by Gasteiger charge is 2.18. The van der Waals surface area contributed by atoms with E-state index in [0.29, 0.717) is 23.4 Å². The van der Waals surface area contributed by atoms with Gasteiger partial charge in [0.15, 0.2) is 0 Å². The Morgan fingerprint density at radius 3 is 2.65 bits per heavy atom. The number of ether oxygens (including phenoxy) is 1. The Hall–Kier alpha value is -2.73. The fourth-order valence-corrected chi connectivity index (χ4v) is 2.91. The van der Waals surface area contributed by atoms with Crippen LogP contribution in [0, 0.1) is 5.82 Å². The number of amides is 2. The molecule has 0 aliphatic carbocycles. The summed E-state index contributed by atoms with van der Waals surface area (Å²) in [6.07, 6.45) is 1.88. The van der Waals surface area contributed by atoms with Gasteiger partial charge in [-0.15, -0.1) is 0 Å². The summed E-state index contributed by atoms with van der Waals surface area (Å²) in [5.41, 5.74) is 1.08. The molecule has 5 nitrogen and oxygen atoms in total. The van der Waals surface area contributed by atoms with E-state index in [1.54, 1.807) is 42.5 Å². The second-order valence-corrected chi connectivity index (χ2v) is 6.21. The molecule has 1 atom stereocenters. The Kier molecular flexibility index (Phi) is 5.96. The lowest BCUT2D eigenvalue weighted by atomic mass is 10.1. The molecule has 2 N–H and O–H groups in total. The molecule has 0 bridgehead atoms. The van der Waals surface area contributed by atoms with Gasteiger partial charge in [-0.1, -0.05) is 30.3 Å². The van der Waals surface area contributed by atoms with Gasteiger partial charge in [0.05, 0.1) is 23.8 Å². The van der Waals surface area contributed by atoms with E-state index in [9.17, 15) is 14.0 Å². The van der Waals surface area contributed by atoms with E-state index >= 15 is 0 Å². The number of carbonyl (C=O) groups is 2. The lowest BCUT2D eigenvalue weighted by Gasteiger charge is -2.14. The highest BCUT2D eigenvalue weighted by molar-refractivity contribution is 6.04. The first-order valence-corrected chi connectivity index (χ1v) is 8.65. The first-order valence-electron chi connectivity index (χ1n) is 8.65. The van der Waals surface area contributed by atoms with E-state index in [-0.39, 0.29) is 24.3 Å². The van der Waals surface area contributed by atoms with Crippen molar-refractivity contribution in [2.45, 2.75) is 25.4 Å². The van der Waals surface area contributed by atoms with Crippen molar-refractivity contribution in [1.82, 2.24) is 5.32 Å². The van der Waals surface area contributed by atoms with Crippen LogP contribution in [0.2, 0.25) is 0 Å². The quantitative estimate of drug-likeness (QED) is 0.836. The number of carbonyl (C=O) groups excluding carboxylic acids is 2. The van der Waals surface area contributed by atoms with Crippen molar-refractivity contribution in [3.05, 3.63) is 65.5 Å². The van der Waals surface area contributed by atoms with Gasteiger partial charge < -0.3 is 15.4 Å². The molecule has 1 unspecified atom stereocenters. The summed E-state index contributed by atoms with van der Waals surface area (Å²) in [5.74, 6) is -1.08. The number of halogens is 1. The largest absolute Gasteiger partial charge is 0.376 e. The van der Waals surface area contributed by atoms with E-state index < -0.39 is 5.82 Å². The lowest BCUT2D eigenvalue weighted by Crippen LogP contribution is -2.32. The van der Waals surface area contributed by atoms with Crippen molar-refractivity contribution < 1.29 is 18.7 Å². The zero-order valence-electron chi connectivity index (χ0n) is 14.3. The topological polar surface area (TPSA) is 67.4 Å². The van der Waals surface area contributed by atoms with Gasteiger partial charge in [-0.2, -0.15) is 0 Å². The summed E-state index contributed by atoms with van der Waals surface area (Å²) < 4.78 is 19.2. The van der Waals surface area contributed by atoms with E-state index in [2.05, 4.69) is 10.6 Å². The van der Waals surface area contributed by atoms with Crippen molar-refractivity contribution in [3.63, 3.8) is 0 Å². The average molecular weight is 356 g/mol. The molecule has 2 amide bonds. The zero-order valence-corrected chi connectivity index (χ0v) is 14.3. The van der Waals surface area contributed by atoms with E-state index in [0.717, 1.165) is 19.4 Å². The van der Waals surface area contributed by atoms with Crippen LogP contribution in [-0.4, -0.2) is 31.1 Å². The third kappa shape index (κ3) is 4.67. The van der Waals surface area contributed by atoms with Gasteiger partial charge in [-0.25, -0.2) is 4.39 Å². The SMILES string of the molecule is O=C(Cc1ccccc1F)Nc1ccccc1C(=O)NCC1CCCO1. The molecule has 1 saturated heterocycles. The molecule has 2 aromatic rings. The molecule has 2 aromatic carbocycles. The number of nitrogens with one attached hydrogen (secondary N) is 2. The Labute approximate surface area is 151 Å². The fourth-order valence-electron chi connectivity index (χ4n) is 2.91. The standard InChI is InChI=1S/C20H21FN2O3/c21-17-9-3-1-6-14(17)12-19(24)23-18-10-4-2-8-16(18)20(25)22-13-15-7-5-11-26-15/h1-4,6,8-10,15H,5,7,11-13H2,(H,22,25)(H,23,24). The summed E-state index contributed by atoms with van der Waals surface area (Å²) in [5, 5.41) is 5.54. The van der Waals surface area contributed by atoms with Crippen LogP contribution in [-0.2, 0) is 16.0 Å². The van der Waals surface area contributed by atoms with Crippen molar-refractivity contribution in [2.24, 2.45) is 0 Å². The lowest BCUT2D eigenvalue weighted by molar-refractivity contribution is -0.115. The minimum absolute atomic E-state index is 0.0433. The first-order chi connectivity index (χ1) is 12.6. The van der Waals surface area contributed by atoms with Crippen LogP contribution in [0.15, 0.2) is 48.5 Å². The van der Waals surface area contributed by atoms with Crippen LogP contribution in [0.25, 0.3) is 0 Å². The number of hydrogen-bond donors (Lipinski definition) is 2. The summed E-state index contributed by atoms with van der Waals surface area (Å²) in [7, 11) is 0. The third-order valence-electron chi connectivity index (χ3n) is 4.27. The molecule has 1 aliphatic heterocycles. The monoisotopic (exact) mass is 356 g/mol. The first kappa shape index (κ1) is 18.1. The van der Waals surface area contributed by atoms with E-state index in [1.165, 1.54) is 6.07 Å². The van der Waals surface area contributed by atoms with Gasteiger partial charge in [0.2, 0.25) is 5.91 Å². The summed E-state index contributed by atoms with van der Waals surface area (Å²) >= 11 is 0. The molecule has 6 heteroatoms. The minimum atomic E-state index is -0.426. The van der Waals surface area contributed by atoms with E-state index in [1.807, 2.05) is 0 Å². The number of anilines is 1. The van der Waals surface area contributed by atoms with Crippen molar-refractivity contribution in [1.29, 1.82) is 0 Å². The highest BCUT2D eigenvalue weighted by atomic mass is 19.1. The van der Waals surface area contributed by atoms with Crippen LogP contribution >= 0.6 is 0 Å². The molecule has 3 rings (SSSR count). The third-order valence-corrected chi connectivity index (χ3v) is 4.27. The molecule has 1 aliphatic rings. The number of hydrogen-bond acceptors (Lipinski definition) is 3.